The van der Waals surface area contributed by atoms with Crippen LogP contribution < -0.4 is 10.6 Å². The van der Waals surface area contributed by atoms with Gasteiger partial charge in [-0.05, 0) is 20.3 Å². The van der Waals surface area contributed by atoms with Crippen LogP contribution in [0.5, 0.6) is 0 Å². The number of carbonyl (C=O) groups excluding carboxylic acids is 1. The molecule has 0 radical (unpaired) electrons. The third-order valence-corrected chi connectivity index (χ3v) is 3.77. The molecule has 2 aromatic heterocycles. The molecule has 1 aliphatic heterocycles. The highest BCUT2D eigenvalue weighted by Gasteiger charge is 2.33. The minimum absolute atomic E-state index is 0.141. The first-order valence-corrected chi connectivity index (χ1v) is 7.15. The first kappa shape index (κ1) is 14.6. The van der Waals surface area contributed by atoms with Crippen LogP contribution in [-0.2, 0) is 11.8 Å². The maximum absolute atomic E-state index is 12.1. The molecule has 3 rings (SSSR count). The Morgan fingerprint density at radius 1 is 1.45 bits per heavy atom. The van der Waals surface area contributed by atoms with E-state index in [0.29, 0.717) is 12.4 Å². The van der Waals surface area contributed by atoms with Crippen molar-refractivity contribution in [3.8, 4) is 0 Å². The smallest absolute Gasteiger partial charge is 0.323 e. The second-order valence-electron chi connectivity index (χ2n) is 5.34. The minimum atomic E-state index is -0.365. The topological polar surface area (TPSA) is 94.2 Å². The van der Waals surface area contributed by atoms with Crippen molar-refractivity contribution >= 4 is 12.0 Å². The molecule has 1 fully saturated rings. The second kappa shape index (κ2) is 5.80. The van der Waals surface area contributed by atoms with Crippen LogP contribution in [0.1, 0.15) is 29.8 Å². The normalized spacial score (nSPS) is 21.0. The Morgan fingerprint density at radius 2 is 2.27 bits per heavy atom. The van der Waals surface area contributed by atoms with Crippen LogP contribution in [0.3, 0.4) is 0 Å². The number of amides is 2. The molecule has 1 aliphatic rings. The lowest BCUT2D eigenvalue weighted by atomic mass is 10.1. The van der Waals surface area contributed by atoms with Crippen molar-refractivity contribution in [2.24, 2.45) is 7.05 Å². The summed E-state index contributed by atoms with van der Waals surface area (Å²) in [5, 5.41) is 5.49. The zero-order valence-corrected chi connectivity index (χ0v) is 12.8. The molecule has 2 aromatic rings. The van der Waals surface area contributed by atoms with E-state index in [1.54, 1.807) is 13.1 Å². The average molecular weight is 305 g/mol. The van der Waals surface area contributed by atoms with Gasteiger partial charge in [0.2, 0.25) is 0 Å². The van der Waals surface area contributed by atoms with Gasteiger partial charge < -0.3 is 19.0 Å². The fraction of sp³-hybridized carbons (Fsp3) is 0.500. The predicted molar refractivity (Wildman–Crippen MR) is 78.4 cm³/mol. The van der Waals surface area contributed by atoms with E-state index in [1.165, 1.54) is 0 Å². The number of hydrogen-bond donors (Lipinski definition) is 2. The van der Waals surface area contributed by atoms with Gasteiger partial charge >= 0.3 is 12.0 Å². The number of aryl methyl sites for hydroxylation is 3. The molecular weight excluding hydrogens is 286 g/mol. The number of aromatic nitrogens is 3. The molecule has 8 nitrogen and oxygen atoms in total. The lowest BCUT2D eigenvalue weighted by Crippen LogP contribution is -2.40. The Hall–Kier alpha value is -2.35. The van der Waals surface area contributed by atoms with Gasteiger partial charge in [0, 0.05) is 26.0 Å². The molecule has 118 valence electrons. The van der Waals surface area contributed by atoms with Gasteiger partial charge in [-0.1, -0.05) is 0 Å². The number of anilines is 1. The summed E-state index contributed by atoms with van der Waals surface area (Å²) >= 11 is 0. The second-order valence-corrected chi connectivity index (χ2v) is 5.34. The first-order chi connectivity index (χ1) is 10.5. The van der Waals surface area contributed by atoms with Gasteiger partial charge in [0.15, 0.2) is 0 Å². The number of nitrogens with one attached hydrogen (secondary N) is 2. The number of hydrogen-bond acceptors (Lipinski definition) is 5. The van der Waals surface area contributed by atoms with Gasteiger partial charge in [-0.3, -0.25) is 5.32 Å². The van der Waals surface area contributed by atoms with Crippen LogP contribution in [0.25, 0.3) is 0 Å². The van der Waals surface area contributed by atoms with Crippen molar-refractivity contribution in [3.05, 3.63) is 29.7 Å². The molecule has 1 saturated heterocycles. The zero-order valence-electron chi connectivity index (χ0n) is 12.8. The van der Waals surface area contributed by atoms with Gasteiger partial charge in [0.25, 0.3) is 0 Å². The van der Waals surface area contributed by atoms with Gasteiger partial charge in [-0.2, -0.15) is 4.98 Å². The molecule has 0 bridgehead atoms. The summed E-state index contributed by atoms with van der Waals surface area (Å²) in [6, 6.07) is -0.311. The standard InChI is InChI=1S/C14H19N5O3/c1-8-9(2)22-14(16-8)18-13(20)17-10-4-7-21-11(10)12-15-5-6-19(12)3/h5-6,10-11H,4,7H2,1-3H3,(H2,16,17,18,20)/t10-,11-/m0/s1. The quantitative estimate of drug-likeness (QED) is 0.899. The van der Waals surface area contributed by atoms with E-state index in [0.717, 1.165) is 17.9 Å². The number of urea groups is 1. The Bertz CT molecular complexity index is 658. The molecular formula is C14H19N5O3. The van der Waals surface area contributed by atoms with Crippen molar-refractivity contribution in [1.29, 1.82) is 0 Å². The van der Waals surface area contributed by atoms with Crippen molar-refractivity contribution in [1.82, 2.24) is 19.9 Å². The maximum Gasteiger partial charge on any atom is 0.323 e. The Kier molecular flexibility index (Phi) is 3.84. The highest BCUT2D eigenvalue weighted by atomic mass is 16.5. The number of imidazole rings is 1. The summed E-state index contributed by atoms with van der Waals surface area (Å²) in [6.45, 7) is 4.21. The van der Waals surface area contributed by atoms with Gasteiger partial charge in [0.1, 0.15) is 17.7 Å². The van der Waals surface area contributed by atoms with Crippen LogP contribution >= 0.6 is 0 Å². The SMILES string of the molecule is Cc1nc(NC(=O)N[C@H]2CCO[C@@H]2c2nccn2C)oc1C. The molecule has 0 spiro atoms. The van der Waals surface area contributed by atoms with E-state index in [-0.39, 0.29) is 24.2 Å². The molecule has 2 atom stereocenters. The van der Waals surface area contributed by atoms with Crippen LogP contribution in [0.15, 0.2) is 16.8 Å². The van der Waals surface area contributed by atoms with Gasteiger partial charge in [-0.15, -0.1) is 0 Å². The molecule has 0 aliphatic carbocycles. The summed E-state index contributed by atoms with van der Waals surface area (Å²) in [7, 11) is 1.90. The number of rotatable bonds is 3. The molecule has 2 amide bonds. The summed E-state index contributed by atoms with van der Waals surface area (Å²) in [5.74, 6) is 1.48. The fourth-order valence-electron chi connectivity index (χ4n) is 2.47. The molecule has 8 heteroatoms. The summed E-state index contributed by atoms with van der Waals surface area (Å²) in [5.41, 5.74) is 0.755. The lowest BCUT2D eigenvalue weighted by molar-refractivity contribution is 0.0913. The van der Waals surface area contributed by atoms with Crippen molar-refractivity contribution in [2.45, 2.75) is 32.4 Å². The van der Waals surface area contributed by atoms with E-state index < -0.39 is 0 Å². The van der Waals surface area contributed by atoms with Crippen molar-refractivity contribution < 1.29 is 13.9 Å². The van der Waals surface area contributed by atoms with E-state index in [1.807, 2.05) is 24.7 Å². The number of ether oxygens (including phenoxy) is 1. The fourth-order valence-corrected chi connectivity index (χ4v) is 2.47. The van der Waals surface area contributed by atoms with Crippen LogP contribution in [-0.4, -0.2) is 33.2 Å². The summed E-state index contributed by atoms with van der Waals surface area (Å²) in [4.78, 5) is 20.5. The Morgan fingerprint density at radius 3 is 2.91 bits per heavy atom. The highest BCUT2D eigenvalue weighted by molar-refractivity contribution is 5.87. The summed E-state index contributed by atoms with van der Waals surface area (Å²) in [6.07, 6.45) is 4.05. The van der Waals surface area contributed by atoms with E-state index >= 15 is 0 Å². The molecule has 2 N–H and O–H groups in total. The summed E-state index contributed by atoms with van der Waals surface area (Å²) < 4.78 is 12.9. The average Bonchev–Trinajstić information content (AvgIpc) is 3.13. The predicted octanol–water partition coefficient (Wildman–Crippen LogP) is 1.68. The highest BCUT2D eigenvalue weighted by Crippen LogP contribution is 2.27. The molecule has 0 saturated carbocycles. The molecule has 0 unspecified atom stereocenters. The largest absolute Gasteiger partial charge is 0.428 e. The molecule has 22 heavy (non-hydrogen) atoms. The third-order valence-electron chi connectivity index (χ3n) is 3.77. The third kappa shape index (κ3) is 2.82. The monoisotopic (exact) mass is 305 g/mol. The van der Waals surface area contributed by atoms with Crippen molar-refractivity contribution in [3.63, 3.8) is 0 Å². The molecule has 0 aromatic carbocycles. The van der Waals surface area contributed by atoms with E-state index in [9.17, 15) is 4.79 Å². The van der Waals surface area contributed by atoms with Crippen LogP contribution in [0.2, 0.25) is 0 Å². The van der Waals surface area contributed by atoms with Crippen molar-refractivity contribution in [2.75, 3.05) is 11.9 Å². The number of oxazole rings is 1. The number of nitrogens with zero attached hydrogens (tertiary/aromatic N) is 3. The lowest BCUT2D eigenvalue weighted by Gasteiger charge is -2.19. The van der Waals surface area contributed by atoms with E-state index in [2.05, 4.69) is 20.6 Å². The van der Waals surface area contributed by atoms with E-state index in [4.69, 9.17) is 9.15 Å². The number of carbonyl (C=O) groups is 1. The minimum Gasteiger partial charge on any atom is -0.428 e. The Labute approximate surface area is 127 Å². The first-order valence-electron chi connectivity index (χ1n) is 7.15. The zero-order chi connectivity index (χ0) is 15.7. The Balaban J connectivity index is 1.64. The van der Waals surface area contributed by atoms with Crippen LogP contribution in [0.4, 0.5) is 10.8 Å². The van der Waals surface area contributed by atoms with Crippen LogP contribution in [0, 0.1) is 13.8 Å². The maximum atomic E-state index is 12.1. The van der Waals surface area contributed by atoms with Gasteiger partial charge in [0.05, 0.1) is 11.7 Å². The van der Waals surface area contributed by atoms with Gasteiger partial charge in [-0.25, -0.2) is 9.78 Å². The molecule has 3 heterocycles.